The number of amides is 2. The van der Waals surface area contributed by atoms with Crippen LogP contribution in [0.5, 0.6) is 0 Å². The Labute approximate surface area is 129 Å². The van der Waals surface area contributed by atoms with Crippen molar-refractivity contribution in [1.29, 1.82) is 0 Å². The standard InChI is InChI=1S/C13H21F2N3O2.ClH/c14-13(15)6-10(17-8-13)12(20)18-5-1-2-9(7-18)3-4-11(16)19;/h9-10,17H,1-8H2,(H2,16,19);1H. The Balaban J connectivity index is 0.00000220. The van der Waals surface area contributed by atoms with Crippen molar-refractivity contribution in [3.8, 4) is 0 Å². The smallest absolute Gasteiger partial charge is 0.262 e. The van der Waals surface area contributed by atoms with Crippen LogP contribution in [0.2, 0.25) is 0 Å². The number of hydrogen-bond donors (Lipinski definition) is 2. The summed E-state index contributed by atoms with van der Waals surface area (Å²) < 4.78 is 26.2. The number of hydrogen-bond acceptors (Lipinski definition) is 3. The van der Waals surface area contributed by atoms with Crippen molar-refractivity contribution in [3.05, 3.63) is 0 Å². The summed E-state index contributed by atoms with van der Waals surface area (Å²) in [5.74, 6) is -3.14. The number of likely N-dealkylation sites (tertiary alicyclic amines) is 1. The van der Waals surface area contributed by atoms with Gasteiger partial charge in [-0.25, -0.2) is 8.78 Å². The molecule has 0 aliphatic carbocycles. The fraction of sp³-hybridized carbons (Fsp3) is 0.846. The molecule has 2 amide bonds. The second-order valence-corrected chi connectivity index (χ2v) is 5.79. The van der Waals surface area contributed by atoms with Gasteiger partial charge < -0.3 is 10.6 Å². The predicted octanol–water partition coefficient (Wildman–Crippen LogP) is 0.909. The molecular formula is C13H22ClF2N3O2. The number of carbonyl (C=O) groups excluding carboxylic acids is 2. The minimum absolute atomic E-state index is 0. The highest BCUT2D eigenvalue weighted by atomic mass is 35.5. The molecule has 0 saturated carbocycles. The minimum atomic E-state index is -2.79. The zero-order valence-corrected chi connectivity index (χ0v) is 12.6. The van der Waals surface area contributed by atoms with E-state index in [0.29, 0.717) is 25.9 Å². The van der Waals surface area contributed by atoms with Crippen LogP contribution in [-0.2, 0) is 9.59 Å². The van der Waals surface area contributed by atoms with Crippen molar-refractivity contribution in [1.82, 2.24) is 10.2 Å². The first-order valence-corrected chi connectivity index (χ1v) is 7.06. The summed E-state index contributed by atoms with van der Waals surface area (Å²) in [4.78, 5) is 24.6. The van der Waals surface area contributed by atoms with E-state index in [1.165, 1.54) is 0 Å². The van der Waals surface area contributed by atoms with Gasteiger partial charge in [0.25, 0.3) is 5.92 Å². The summed E-state index contributed by atoms with van der Waals surface area (Å²) in [6.45, 7) is 0.716. The molecule has 0 bridgehead atoms. The van der Waals surface area contributed by atoms with Crippen LogP contribution in [0.1, 0.15) is 32.1 Å². The third-order valence-electron chi connectivity index (χ3n) is 4.04. The Kier molecular flexibility index (Phi) is 6.34. The molecule has 2 unspecified atom stereocenters. The van der Waals surface area contributed by atoms with Gasteiger partial charge in [-0.2, -0.15) is 0 Å². The summed E-state index contributed by atoms with van der Waals surface area (Å²) in [7, 11) is 0. The number of halogens is 3. The van der Waals surface area contributed by atoms with Crippen molar-refractivity contribution < 1.29 is 18.4 Å². The van der Waals surface area contributed by atoms with Gasteiger partial charge in [-0.3, -0.25) is 14.9 Å². The molecule has 2 heterocycles. The molecule has 0 aromatic heterocycles. The summed E-state index contributed by atoms with van der Waals surface area (Å²) in [6, 6.07) is -0.778. The van der Waals surface area contributed by atoms with E-state index in [-0.39, 0.29) is 30.1 Å². The van der Waals surface area contributed by atoms with Crippen LogP contribution in [0.3, 0.4) is 0 Å². The summed E-state index contributed by atoms with van der Waals surface area (Å²) in [6.07, 6.45) is 2.34. The first-order valence-electron chi connectivity index (χ1n) is 7.06. The average Bonchev–Trinajstić information content (AvgIpc) is 2.76. The maximum absolute atomic E-state index is 13.1. The van der Waals surface area contributed by atoms with Crippen LogP contribution in [0, 0.1) is 5.92 Å². The molecule has 5 nitrogen and oxygen atoms in total. The maximum Gasteiger partial charge on any atom is 0.262 e. The quantitative estimate of drug-likeness (QED) is 0.806. The summed E-state index contributed by atoms with van der Waals surface area (Å²) in [5.41, 5.74) is 5.12. The summed E-state index contributed by atoms with van der Waals surface area (Å²) in [5, 5.41) is 2.59. The molecule has 0 aromatic rings. The largest absolute Gasteiger partial charge is 0.370 e. The summed E-state index contributed by atoms with van der Waals surface area (Å²) >= 11 is 0. The zero-order valence-electron chi connectivity index (χ0n) is 11.8. The van der Waals surface area contributed by atoms with Crippen molar-refractivity contribution in [2.24, 2.45) is 11.7 Å². The molecule has 3 N–H and O–H groups in total. The Morgan fingerprint density at radius 2 is 2.10 bits per heavy atom. The lowest BCUT2D eigenvalue weighted by molar-refractivity contribution is -0.135. The van der Waals surface area contributed by atoms with Gasteiger partial charge in [-0.1, -0.05) is 0 Å². The van der Waals surface area contributed by atoms with Crippen molar-refractivity contribution in [2.45, 2.75) is 44.1 Å². The van der Waals surface area contributed by atoms with Crippen LogP contribution in [0.4, 0.5) is 8.78 Å². The van der Waals surface area contributed by atoms with Crippen molar-refractivity contribution in [2.75, 3.05) is 19.6 Å². The Bertz CT molecular complexity index is 396. The fourth-order valence-electron chi connectivity index (χ4n) is 2.96. The molecule has 2 atom stereocenters. The number of primary amides is 1. The second kappa shape index (κ2) is 7.35. The van der Waals surface area contributed by atoms with E-state index in [0.717, 1.165) is 12.8 Å². The highest BCUT2D eigenvalue weighted by Gasteiger charge is 2.43. The minimum Gasteiger partial charge on any atom is -0.370 e. The van der Waals surface area contributed by atoms with Gasteiger partial charge in [-0.15, -0.1) is 12.4 Å². The first kappa shape index (κ1) is 18.1. The van der Waals surface area contributed by atoms with E-state index >= 15 is 0 Å². The van der Waals surface area contributed by atoms with Gasteiger partial charge in [0.1, 0.15) is 0 Å². The number of nitrogens with one attached hydrogen (secondary N) is 1. The number of nitrogens with zero attached hydrogens (tertiary/aromatic N) is 1. The topological polar surface area (TPSA) is 75.4 Å². The lowest BCUT2D eigenvalue weighted by Crippen LogP contribution is -2.47. The molecule has 8 heteroatoms. The van der Waals surface area contributed by atoms with Gasteiger partial charge in [0, 0.05) is 25.9 Å². The Morgan fingerprint density at radius 1 is 1.38 bits per heavy atom. The van der Waals surface area contributed by atoms with Crippen LogP contribution in [-0.4, -0.2) is 48.3 Å². The third kappa shape index (κ3) is 5.07. The lowest BCUT2D eigenvalue weighted by atomic mass is 9.93. The van der Waals surface area contributed by atoms with E-state index < -0.39 is 24.9 Å². The fourth-order valence-corrected chi connectivity index (χ4v) is 2.96. The van der Waals surface area contributed by atoms with Gasteiger partial charge in [0.05, 0.1) is 12.6 Å². The number of alkyl halides is 2. The van der Waals surface area contributed by atoms with Crippen LogP contribution >= 0.6 is 12.4 Å². The van der Waals surface area contributed by atoms with Gasteiger partial charge in [0.2, 0.25) is 11.8 Å². The van der Waals surface area contributed by atoms with Gasteiger partial charge in [0.15, 0.2) is 0 Å². The molecule has 2 aliphatic rings. The molecule has 2 saturated heterocycles. The molecular weight excluding hydrogens is 304 g/mol. The number of piperidine rings is 1. The molecule has 2 aliphatic heterocycles. The van der Waals surface area contributed by atoms with E-state index in [1.807, 2.05) is 0 Å². The van der Waals surface area contributed by atoms with Crippen molar-refractivity contribution >= 4 is 24.2 Å². The average molecular weight is 326 g/mol. The monoisotopic (exact) mass is 325 g/mol. The van der Waals surface area contributed by atoms with Gasteiger partial charge in [-0.05, 0) is 25.2 Å². The van der Waals surface area contributed by atoms with Gasteiger partial charge >= 0.3 is 0 Å². The van der Waals surface area contributed by atoms with Crippen LogP contribution in [0.25, 0.3) is 0 Å². The molecule has 0 aromatic carbocycles. The SMILES string of the molecule is Cl.NC(=O)CCC1CCCN(C(=O)C2CC(F)(F)CN2)C1. The van der Waals surface area contributed by atoms with E-state index in [9.17, 15) is 18.4 Å². The number of nitrogens with two attached hydrogens (primary N) is 1. The Hall–Kier alpha value is -0.950. The highest BCUT2D eigenvalue weighted by Crippen LogP contribution is 2.28. The van der Waals surface area contributed by atoms with Crippen LogP contribution < -0.4 is 11.1 Å². The van der Waals surface area contributed by atoms with E-state index in [2.05, 4.69) is 5.32 Å². The second-order valence-electron chi connectivity index (χ2n) is 5.79. The zero-order chi connectivity index (χ0) is 14.8. The Morgan fingerprint density at radius 3 is 2.67 bits per heavy atom. The molecule has 2 fully saturated rings. The van der Waals surface area contributed by atoms with Crippen molar-refractivity contribution in [3.63, 3.8) is 0 Å². The predicted molar refractivity (Wildman–Crippen MR) is 76.3 cm³/mol. The number of rotatable bonds is 4. The molecule has 122 valence electrons. The molecule has 2 rings (SSSR count). The van der Waals surface area contributed by atoms with Crippen LogP contribution in [0.15, 0.2) is 0 Å². The number of carbonyl (C=O) groups is 2. The third-order valence-corrected chi connectivity index (χ3v) is 4.04. The van der Waals surface area contributed by atoms with E-state index in [1.54, 1.807) is 4.90 Å². The lowest BCUT2D eigenvalue weighted by Gasteiger charge is -2.34. The molecule has 0 spiro atoms. The maximum atomic E-state index is 13.1. The van der Waals surface area contributed by atoms with E-state index in [4.69, 9.17) is 5.73 Å². The normalized spacial score (nSPS) is 28.0. The first-order chi connectivity index (χ1) is 9.37. The highest BCUT2D eigenvalue weighted by molar-refractivity contribution is 5.85. The molecule has 0 radical (unpaired) electrons. The molecule has 21 heavy (non-hydrogen) atoms.